The molecule has 28 heavy (non-hydrogen) atoms. The van der Waals surface area contributed by atoms with E-state index < -0.39 is 29.9 Å². The minimum Gasteiger partial charge on any atom is -0.365 e. The lowest BCUT2D eigenvalue weighted by Crippen LogP contribution is -2.43. The van der Waals surface area contributed by atoms with Crippen LogP contribution in [0.25, 0.3) is 0 Å². The zero-order chi connectivity index (χ0) is 20.4. The summed E-state index contributed by atoms with van der Waals surface area (Å²) in [7, 11) is 0. The summed E-state index contributed by atoms with van der Waals surface area (Å²) >= 11 is 0. The third kappa shape index (κ3) is 4.09. The van der Waals surface area contributed by atoms with E-state index >= 15 is 0 Å². The fourth-order valence-electron chi connectivity index (χ4n) is 3.20. The summed E-state index contributed by atoms with van der Waals surface area (Å²) in [4.78, 5) is 12.7. The van der Waals surface area contributed by atoms with E-state index in [2.05, 4.69) is 5.10 Å². The number of amides is 1. The van der Waals surface area contributed by atoms with Crippen LogP contribution in [0.4, 0.5) is 13.2 Å². The van der Waals surface area contributed by atoms with Gasteiger partial charge in [-0.1, -0.05) is 61.5 Å². The molecule has 1 aliphatic heterocycles. The highest BCUT2D eigenvalue weighted by Gasteiger charge is 2.52. The van der Waals surface area contributed by atoms with E-state index in [0.29, 0.717) is 11.4 Å². The van der Waals surface area contributed by atoms with E-state index in [1.165, 1.54) is 0 Å². The quantitative estimate of drug-likeness (QED) is 0.833. The van der Waals surface area contributed by atoms with Gasteiger partial charge in [0.25, 0.3) is 0 Å². The van der Waals surface area contributed by atoms with Crippen LogP contribution in [0.15, 0.2) is 59.7 Å². The maximum Gasteiger partial charge on any atom is 0.431 e. The molecule has 2 aromatic rings. The van der Waals surface area contributed by atoms with Gasteiger partial charge in [-0.2, -0.15) is 23.3 Å². The Bertz CT molecular complexity index is 863. The second kappa shape index (κ2) is 7.75. The molecule has 0 aliphatic carbocycles. The lowest BCUT2D eigenvalue weighted by atomic mass is 9.95. The maximum atomic E-state index is 13.2. The molecule has 0 bridgehead atoms. The number of hydrazone groups is 1. The summed E-state index contributed by atoms with van der Waals surface area (Å²) in [5.41, 5.74) is -1.25. The van der Waals surface area contributed by atoms with Crippen LogP contribution in [0.3, 0.4) is 0 Å². The van der Waals surface area contributed by atoms with Gasteiger partial charge in [-0.25, -0.2) is 0 Å². The number of hydrogen-bond acceptors (Lipinski definition) is 3. The maximum absolute atomic E-state index is 13.2. The predicted octanol–water partition coefficient (Wildman–Crippen LogP) is 4.18. The first-order chi connectivity index (χ1) is 13.2. The minimum absolute atomic E-state index is 0.0615. The monoisotopic (exact) mass is 390 g/mol. The fraction of sp³-hybridized carbons (Fsp3) is 0.333. The van der Waals surface area contributed by atoms with E-state index in [1.807, 2.05) is 37.3 Å². The van der Waals surface area contributed by atoms with Crippen molar-refractivity contribution in [3.63, 3.8) is 0 Å². The zero-order valence-electron chi connectivity index (χ0n) is 15.4. The second-order valence-corrected chi connectivity index (χ2v) is 6.78. The van der Waals surface area contributed by atoms with Crippen molar-refractivity contribution in [2.75, 3.05) is 0 Å². The normalized spacial score (nSPS) is 19.6. The molecule has 0 saturated heterocycles. The van der Waals surface area contributed by atoms with E-state index in [-0.39, 0.29) is 12.0 Å². The number of alkyl halides is 3. The summed E-state index contributed by atoms with van der Waals surface area (Å²) in [6, 6.07) is 15.7. The first-order valence-corrected chi connectivity index (χ1v) is 9.07. The Balaban J connectivity index is 1.88. The zero-order valence-corrected chi connectivity index (χ0v) is 15.4. The van der Waals surface area contributed by atoms with Crippen molar-refractivity contribution in [3.8, 4) is 0 Å². The van der Waals surface area contributed by atoms with Gasteiger partial charge in [0.2, 0.25) is 5.91 Å². The van der Waals surface area contributed by atoms with Crippen molar-refractivity contribution in [3.05, 3.63) is 71.3 Å². The average Bonchev–Trinajstić information content (AvgIpc) is 3.06. The Kier molecular flexibility index (Phi) is 5.56. The highest BCUT2D eigenvalue weighted by Crippen LogP contribution is 2.40. The molecule has 148 valence electrons. The largest absolute Gasteiger partial charge is 0.431 e. The van der Waals surface area contributed by atoms with Gasteiger partial charge in [-0.05, 0) is 24.0 Å². The Morgan fingerprint density at radius 3 is 2.32 bits per heavy atom. The van der Waals surface area contributed by atoms with E-state index in [9.17, 15) is 23.1 Å². The van der Waals surface area contributed by atoms with Crippen LogP contribution in [-0.2, 0) is 23.4 Å². The predicted molar refractivity (Wildman–Crippen MR) is 99.4 cm³/mol. The third-order valence-corrected chi connectivity index (χ3v) is 4.84. The number of carbonyl (C=O) groups is 1. The lowest BCUT2D eigenvalue weighted by molar-refractivity contribution is -0.157. The van der Waals surface area contributed by atoms with Gasteiger partial charge in [0.05, 0.1) is 6.42 Å². The first-order valence-electron chi connectivity index (χ1n) is 9.07. The van der Waals surface area contributed by atoms with Crippen molar-refractivity contribution < 1.29 is 23.1 Å². The van der Waals surface area contributed by atoms with Gasteiger partial charge in [0.1, 0.15) is 5.71 Å². The molecule has 1 N–H and O–H groups in total. The number of benzene rings is 2. The molecule has 4 nitrogen and oxygen atoms in total. The van der Waals surface area contributed by atoms with Crippen molar-refractivity contribution in [2.24, 2.45) is 5.10 Å². The van der Waals surface area contributed by atoms with Gasteiger partial charge >= 0.3 is 6.18 Å². The molecule has 2 aromatic carbocycles. The number of hydrogen-bond donors (Lipinski definition) is 1. The van der Waals surface area contributed by atoms with E-state index in [1.54, 1.807) is 24.3 Å². The molecule has 1 amide bonds. The van der Waals surface area contributed by atoms with Crippen LogP contribution < -0.4 is 0 Å². The fourth-order valence-corrected chi connectivity index (χ4v) is 3.20. The Labute approximate surface area is 161 Å². The highest BCUT2D eigenvalue weighted by molar-refractivity contribution is 5.94. The molecular weight excluding hydrogens is 369 g/mol. The summed E-state index contributed by atoms with van der Waals surface area (Å²) in [6.07, 6.45) is -4.47. The SMILES string of the molecule is CCc1ccc([C@]2(O)CC(C(F)(F)F)=NN2C(=O)CCc2ccccc2)cc1. The molecule has 0 fully saturated rings. The Morgan fingerprint density at radius 1 is 1.11 bits per heavy atom. The number of rotatable bonds is 5. The van der Waals surface area contributed by atoms with Crippen molar-refractivity contribution in [2.45, 2.75) is 44.5 Å². The molecule has 0 unspecified atom stereocenters. The van der Waals surface area contributed by atoms with Gasteiger partial charge in [0.15, 0.2) is 5.72 Å². The topological polar surface area (TPSA) is 52.9 Å². The lowest BCUT2D eigenvalue weighted by Gasteiger charge is -2.31. The van der Waals surface area contributed by atoms with Crippen LogP contribution in [0.5, 0.6) is 0 Å². The molecule has 1 atom stereocenters. The summed E-state index contributed by atoms with van der Waals surface area (Å²) < 4.78 is 39.7. The third-order valence-electron chi connectivity index (χ3n) is 4.84. The number of halogens is 3. The van der Waals surface area contributed by atoms with Crippen LogP contribution in [0, 0.1) is 0 Å². The van der Waals surface area contributed by atoms with Crippen LogP contribution in [0.2, 0.25) is 0 Å². The second-order valence-electron chi connectivity index (χ2n) is 6.78. The molecule has 7 heteroatoms. The molecule has 0 radical (unpaired) electrons. The van der Waals surface area contributed by atoms with Crippen molar-refractivity contribution in [1.82, 2.24) is 5.01 Å². The number of aliphatic hydroxyl groups is 1. The van der Waals surface area contributed by atoms with Crippen molar-refractivity contribution in [1.29, 1.82) is 0 Å². The molecule has 3 rings (SSSR count). The Hall–Kier alpha value is -2.67. The number of carbonyl (C=O) groups excluding carboxylic acids is 1. The van der Waals surface area contributed by atoms with Crippen molar-refractivity contribution >= 4 is 11.6 Å². The van der Waals surface area contributed by atoms with Gasteiger partial charge < -0.3 is 5.11 Å². The number of aryl methyl sites for hydroxylation is 2. The minimum atomic E-state index is -4.72. The molecular formula is C21H21F3N2O2. The molecule has 0 aromatic heterocycles. The number of nitrogens with zero attached hydrogens (tertiary/aromatic N) is 2. The summed E-state index contributed by atoms with van der Waals surface area (Å²) in [5.74, 6) is -0.662. The van der Waals surface area contributed by atoms with Gasteiger partial charge in [-0.15, -0.1) is 0 Å². The molecule has 1 aliphatic rings. The van der Waals surface area contributed by atoms with E-state index in [0.717, 1.165) is 17.5 Å². The van der Waals surface area contributed by atoms with Gasteiger partial charge in [0, 0.05) is 12.0 Å². The summed E-state index contributed by atoms with van der Waals surface area (Å²) in [6.45, 7) is 1.95. The van der Waals surface area contributed by atoms with E-state index in [4.69, 9.17) is 0 Å². The van der Waals surface area contributed by atoms with Crippen LogP contribution in [-0.4, -0.2) is 27.9 Å². The summed E-state index contributed by atoms with van der Waals surface area (Å²) in [5, 5.41) is 15.1. The first kappa shape index (κ1) is 20.1. The smallest absolute Gasteiger partial charge is 0.365 e. The molecule has 0 saturated carbocycles. The average molecular weight is 390 g/mol. The Morgan fingerprint density at radius 2 is 1.75 bits per heavy atom. The highest BCUT2D eigenvalue weighted by atomic mass is 19.4. The van der Waals surface area contributed by atoms with Crippen LogP contribution in [0.1, 0.15) is 36.5 Å². The molecule has 0 spiro atoms. The van der Waals surface area contributed by atoms with Gasteiger partial charge in [-0.3, -0.25) is 4.79 Å². The van der Waals surface area contributed by atoms with Crippen LogP contribution >= 0.6 is 0 Å². The standard InChI is InChI=1S/C21H21F3N2O2/c1-2-15-8-11-17(12-9-15)20(28)14-18(21(22,23)24)25-26(20)19(27)13-10-16-6-4-3-5-7-16/h3-9,11-12,28H,2,10,13-14H2,1H3/t20-/m1/s1. The molecule has 1 heterocycles.